The van der Waals surface area contributed by atoms with Gasteiger partial charge in [0.25, 0.3) is 0 Å². The fraction of sp³-hybridized carbons (Fsp3) is 0.550. The molecule has 4 N–H and O–H groups in total. The third-order valence-electron chi connectivity index (χ3n) is 4.35. The molecule has 0 saturated heterocycles. The fourth-order valence-corrected chi connectivity index (χ4v) is 2.57. The predicted octanol–water partition coefficient (Wildman–Crippen LogP) is 2.34. The SMILES string of the molecule is CC[C@@H](C)[C@@H](NC(=O)OCc1ccccc1)C(=O)N[C@@H](CC(C)C)C(N)=O. The minimum Gasteiger partial charge on any atom is -0.445 e. The van der Waals surface area contributed by atoms with Crippen molar-refractivity contribution in [2.24, 2.45) is 17.6 Å². The molecule has 0 bridgehead atoms. The Morgan fingerprint density at radius 3 is 2.22 bits per heavy atom. The molecule has 3 amide bonds. The highest BCUT2D eigenvalue weighted by molar-refractivity contribution is 5.90. The second-order valence-electron chi connectivity index (χ2n) is 7.16. The molecule has 0 fully saturated rings. The highest BCUT2D eigenvalue weighted by Crippen LogP contribution is 2.11. The van der Waals surface area contributed by atoms with E-state index in [0.717, 1.165) is 5.56 Å². The van der Waals surface area contributed by atoms with Gasteiger partial charge in [0.1, 0.15) is 18.7 Å². The molecule has 3 atom stereocenters. The number of carbonyl (C=O) groups excluding carboxylic acids is 3. The van der Waals surface area contributed by atoms with Crippen LogP contribution in [0.2, 0.25) is 0 Å². The van der Waals surface area contributed by atoms with Crippen molar-refractivity contribution >= 4 is 17.9 Å². The molecule has 0 unspecified atom stereocenters. The second-order valence-corrected chi connectivity index (χ2v) is 7.16. The van der Waals surface area contributed by atoms with Crippen molar-refractivity contribution < 1.29 is 19.1 Å². The molecule has 0 spiro atoms. The summed E-state index contributed by atoms with van der Waals surface area (Å²) in [4.78, 5) is 36.4. The molecule has 0 aliphatic rings. The van der Waals surface area contributed by atoms with Crippen LogP contribution in [0, 0.1) is 11.8 Å². The molecular weight excluding hydrogens is 346 g/mol. The van der Waals surface area contributed by atoms with Crippen LogP contribution >= 0.6 is 0 Å². The first-order valence-electron chi connectivity index (χ1n) is 9.31. The summed E-state index contributed by atoms with van der Waals surface area (Å²) in [6.07, 6.45) is 0.425. The van der Waals surface area contributed by atoms with Gasteiger partial charge in [-0.25, -0.2) is 4.79 Å². The quantitative estimate of drug-likeness (QED) is 0.581. The van der Waals surface area contributed by atoms with Crippen molar-refractivity contribution in [3.8, 4) is 0 Å². The number of carbonyl (C=O) groups is 3. The maximum Gasteiger partial charge on any atom is 0.408 e. The summed E-state index contributed by atoms with van der Waals surface area (Å²) in [5.74, 6) is -0.979. The summed E-state index contributed by atoms with van der Waals surface area (Å²) in [5.41, 5.74) is 6.24. The van der Waals surface area contributed by atoms with E-state index in [1.165, 1.54) is 0 Å². The number of alkyl carbamates (subject to hydrolysis) is 1. The summed E-state index contributed by atoms with van der Waals surface area (Å²) in [7, 11) is 0. The number of primary amides is 1. The lowest BCUT2D eigenvalue weighted by molar-refractivity contribution is -0.129. The first-order chi connectivity index (χ1) is 12.7. The van der Waals surface area contributed by atoms with E-state index < -0.39 is 30.0 Å². The largest absolute Gasteiger partial charge is 0.445 e. The number of nitrogens with one attached hydrogen (secondary N) is 2. The van der Waals surface area contributed by atoms with Crippen LogP contribution in [0.15, 0.2) is 30.3 Å². The van der Waals surface area contributed by atoms with Gasteiger partial charge in [-0.2, -0.15) is 0 Å². The third-order valence-corrected chi connectivity index (χ3v) is 4.35. The monoisotopic (exact) mass is 377 g/mol. The van der Waals surface area contributed by atoms with Crippen LogP contribution in [0.4, 0.5) is 4.79 Å². The number of benzene rings is 1. The van der Waals surface area contributed by atoms with Crippen molar-refractivity contribution in [1.82, 2.24) is 10.6 Å². The molecular formula is C20H31N3O4. The van der Waals surface area contributed by atoms with E-state index in [2.05, 4.69) is 10.6 Å². The Morgan fingerprint density at radius 1 is 1.07 bits per heavy atom. The summed E-state index contributed by atoms with van der Waals surface area (Å²) in [6.45, 7) is 7.75. The topological polar surface area (TPSA) is 111 Å². The van der Waals surface area contributed by atoms with E-state index in [1.807, 2.05) is 58.0 Å². The van der Waals surface area contributed by atoms with Crippen molar-refractivity contribution in [2.45, 2.75) is 59.2 Å². The highest BCUT2D eigenvalue weighted by Gasteiger charge is 2.29. The molecule has 1 rings (SSSR count). The van der Waals surface area contributed by atoms with Gasteiger partial charge >= 0.3 is 6.09 Å². The average Bonchev–Trinajstić information content (AvgIpc) is 2.63. The van der Waals surface area contributed by atoms with Crippen LogP contribution in [0.3, 0.4) is 0 Å². The van der Waals surface area contributed by atoms with Gasteiger partial charge in [0.2, 0.25) is 11.8 Å². The molecule has 1 aromatic rings. The standard InChI is InChI=1S/C20H31N3O4/c1-5-14(4)17(19(25)22-16(18(21)24)11-13(2)3)23-20(26)27-12-15-9-7-6-8-10-15/h6-10,13-14,16-17H,5,11-12H2,1-4H3,(H2,21,24)(H,22,25)(H,23,26)/t14-,16+,17-/m1/s1. The van der Waals surface area contributed by atoms with Gasteiger partial charge in [0.15, 0.2) is 0 Å². The van der Waals surface area contributed by atoms with Gasteiger partial charge < -0.3 is 21.1 Å². The number of ether oxygens (including phenoxy) is 1. The lowest BCUT2D eigenvalue weighted by atomic mass is 9.97. The molecule has 0 saturated carbocycles. The van der Waals surface area contributed by atoms with Gasteiger partial charge in [-0.05, 0) is 23.8 Å². The Kier molecular flexibility index (Phi) is 9.33. The Hall–Kier alpha value is -2.57. The molecule has 1 aromatic carbocycles. The van der Waals surface area contributed by atoms with Crippen LogP contribution in [0.5, 0.6) is 0 Å². The average molecular weight is 377 g/mol. The van der Waals surface area contributed by atoms with E-state index in [0.29, 0.717) is 12.8 Å². The van der Waals surface area contributed by atoms with E-state index in [1.54, 1.807) is 0 Å². The van der Waals surface area contributed by atoms with Crippen molar-refractivity contribution in [3.05, 3.63) is 35.9 Å². The zero-order valence-electron chi connectivity index (χ0n) is 16.5. The zero-order valence-corrected chi connectivity index (χ0v) is 16.5. The number of nitrogens with two attached hydrogens (primary N) is 1. The first-order valence-corrected chi connectivity index (χ1v) is 9.31. The zero-order chi connectivity index (χ0) is 20.4. The van der Waals surface area contributed by atoms with E-state index in [9.17, 15) is 14.4 Å². The highest BCUT2D eigenvalue weighted by atomic mass is 16.5. The Morgan fingerprint density at radius 2 is 1.70 bits per heavy atom. The maximum atomic E-state index is 12.7. The Balaban J connectivity index is 2.71. The number of amides is 3. The van der Waals surface area contributed by atoms with Gasteiger partial charge in [-0.15, -0.1) is 0 Å². The van der Waals surface area contributed by atoms with Gasteiger partial charge in [0, 0.05) is 0 Å². The summed E-state index contributed by atoms with van der Waals surface area (Å²) in [6, 6.07) is 7.68. The van der Waals surface area contributed by atoms with Crippen LogP contribution in [0.25, 0.3) is 0 Å². The smallest absolute Gasteiger partial charge is 0.408 e. The van der Waals surface area contributed by atoms with Crippen LogP contribution in [-0.4, -0.2) is 30.0 Å². The first kappa shape index (κ1) is 22.5. The lowest BCUT2D eigenvalue weighted by Gasteiger charge is -2.26. The predicted molar refractivity (Wildman–Crippen MR) is 104 cm³/mol. The lowest BCUT2D eigenvalue weighted by Crippen LogP contribution is -2.55. The minimum atomic E-state index is -0.813. The fourth-order valence-electron chi connectivity index (χ4n) is 2.57. The number of rotatable bonds is 10. The summed E-state index contributed by atoms with van der Waals surface area (Å²) >= 11 is 0. The molecule has 0 heterocycles. The van der Waals surface area contributed by atoms with E-state index in [4.69, 9.17) is 10.5 Å². The van der Waals surface area contributed by atoms with Crippen molar-refractivity contribution in [2.75, 3.05) is 0 Å². The van der Waals surface area contributed by atoms with Gasteiger partial charge in [0.05, 0.1) is 0 Å². The third kappa shape index (κ3) is 8.11. The normalized spacial score (nSPS) is 14.1. The number of hydrogen-bond acceptors (Lipinski definition) is 4. The minimum absolute atomic E-state index is 0.110. The molecule has 0 aromatic heterocycles. The molecule has 0 aliphatic heterocycles. The van der Waals surface area contributed by atoms with Gasteiger partial charge in [-0.3, -0.25) is 9.59 Å². The molecule has 7 heteroatoms. The van der Waals surface area contributed by atoms with Crippen LogP contribution in [-0.2, 0) is 20.9 Å². The molecule has 27 heavy (non-hydrogen) atoms. The van der Waals surface area contributed by atoms with Crippen molar-refractivity contribution in [1.29, 1.82) is 0 Å². The Labute approximate surface area is 161 Å². The van der Waals surface area contributed by atoms with E-state index in [-0.39, 0.29) is 18.4 Å². The number of hydrogen-bond donors (Lipinski definition) is 3. The summed E-state index contributed by atoms with van der Waals surface area (Å²) < 4.78 is 5.20. The second kappa shape index (κ2) is 11.2. The van der Waals surface area contributed by atoms with Crippen molar-refractivity contribution in [3.63, 3.8) is 0 Å². The van der Waals surface area contributed by atoms with Crippen LogP contribution in [0.1, 0.15) is 46.1 Å². The molecule has 7 nitrogen and oxygen atoms in total. The van der Waals surface area contributed by atoms with Crippen LogP contribution < -0.4 is 16.4 Å². The Bertz CT molecular complexity index is 619. The summed E-state index contributed by atoms with van der Waals surface area (Å²) in [5, 5.41) is 5.27. The van der Waals surface area contributed by atoms with Gasteiger partial charge in [-0.1, -0.05) is 64.4 Å². The molecule has 0 aliphatic carbocycles. The maximum absolute atomic E-state index is 12.7. The molecule has 0 radical (unpaired) electrons. The van der Waals surface area contributed by atoms with E-state index >= 15 is 0 Å². The molecule has 150 valence electrons.